The van der Waals surface area contributed by atoms with Gasteiger partial charge in [-0.3, -0.25) is 4.99 Å². The van der Waals surface area contributed by atoms with Crippen molar-refractivity contribution >= 4 is 27.3 Å². The molecule has 0 saturated heterocycles. The molecule has 4 N–H and O–H groups in total. The lowest BCUT2D eigenvalue weighted by Gasteiger charge is -2.12. The van der Waals surface area contributed by atoms with Gasteiger partial charge in [-0.15, -0.1) is 0 Å². The second kappa shape index (κ2) is 8.23. The Morgan fingerprint density at radius 3 is 2.80 bits per heavy atom. The van der Waals surface area contributed by atoms with Crippen LogP contribution in [-0.4, -0.2) is 39.8 Å². The summed E-state index contributed by atoms with van der Waals surface area (Å²) in [6, 6.07) is 2.09. The Kier molecular flexibility index (Phi) is 6.97. The van der Waals surface area contributed by atoms with Gasteiger partial charge in [-0.25, -0.2) is 13.6 Å². The van der Waals surface area contributed by atoms with Crippen LogP contribution in [0.2, 0.25) is 0 Å². The molecule has 1 aromatic rings. The van der Waals surface area contributed by atoms with Gasteiger partial charge in [-0.1, -0.05) is 6.92 Å². The molecule has 0 saturated carbocycles. The maximum atomic E-state index is 10.9. The van der Waals surface area contributed by atoms with Gasteiger partial charge in [0, 0.05) is 25.6 Å². The molecule has 0 aliphatic heterocycles. The molecular formula is C12H22N4O2S2. The predicted molar refractivity (Wildman–Crippen MR) is 84.7 cm³/mol. The Bertz CT molecular complexity index is 512. The van der Waals surface area contributed by atoms with E-state index in [1.807, 2.05) is 12.3 Å². The molecule has 0 aliphatic carbocycles. The SMILES string of the molecule is CCNC(=NCC(C)c1ccsc1)NCCS(N)(=O)=O. The highest BCUT2D eigenvalue weighted by atomic mass is 32.2. The molecule has 20 heavy (non-hydrogen) atoms. The number of nitrogens with one attached hydrogen (secondary N) is 2. The molecule has 1 atom stereocenters. The molecule has 0 amide bonds. The molecule has 114 valence electrons. The average molecular weight is 318 g/mol. The van der Waals surface area contributed by atoms with Crippen LogP contribution >= 0.6 is 11.3 Å². The van der Waals surface area contributed by atoms with Crippen molar-refractivity contribution in [3.05, 3.63) is 22.4 Å². The molecule has 1 rings (SSSR count). The lowest BCUT2D eigenvalue weighted by atomic mass is 10.1. The summed E-state index contributed by atoms with van der Waals surface area (Å²) < 4.78 is 21.7. The van der Waals surface area contributed by atoms with Gasteiger partial charge in [0.2, 0.25) is 10.0 Å². The smallest absolute Gasteiger partial charge is 0.210 e. The Morgan fingerprint density at radius 2 is 2.25 bits per heavy atom. The summed E-state index contributed by atoms with van der Waals surface area (Å²) >= 11 is 1.67. The Hall–Kier alpha value is -1.12. The molecule has 0 aliphatic rings. The number of hydrogen-bond donors (Lipinski definition) is 3. The molecular weight excluding hydrogens is 296 g/mol. The van der Waals surface area contributed by atoms with E-state index in [1.165, 1.54) is 5.56 Å². The molecule has 0 bridgehead atoms. The Labute approximate surface area is 124 Å². The van der Waals surface area contributed by atoms with Gasteiger partial charge in [0.25, 0.3) is 0 Å². The third-order valence-corrected chi connectivity index (χ3v) is 4.13. The topological polar surface area (TPSA) is 96.6 Å². The Morgan fingerprint density at radius 1 is 1.50 bits per heavy atom. The summed E-state index contributed by atoms with van der Waals surface area (Å²) in [5.74, 6) is 0.825. The van der Waals surface area contributed by atoms with Crippen molar-refractivity contribution in [1.29, 1.82) is 0 Å². The minimum Gasteiger partial charge on any atom is -0.357 e. The van der Waals surface area contributed by atoms with Crippen molar-refractivity contribution < 1.29 is 8.42 Å². The van der Waals surface area contributed by atoms with E-state index in [4.69, 9.17) is 5.14 Å². The van der Waals surface area contributed by atoms with Gasteiger partial charge in [-0.2, -0.15) is 11.3 Å². The van der Waals surface area contributed by atoms with E-state index in [9.17, 15) is 8.42 Å². The van der Waals surface area contributed by atoms with E-state index < -0.39 is 10.0 Å². The molecule has 1 unspecified atom stereocenters. The van der Waals surface area contributed by atoms with Crippen molar-refractivity contribution in [3.8, 4) is 0 Å². The molecule has 0 aromatic carbocycles. The number of hydrogen-bond acceptors (Lipinski definition) is 4. The summed E-state index contributed by atoms with van der Waals surface area (Å²) in [5, 5.41) is 15.2. The molecule has 8 heteroatoms. The van der Waals surface area contributed by atoms with Gasteiger partial charge in [0.05, 0.1) is 5.75 Å². The van der Waals surface area contributed by atoms with E-state index >= 15 is 0 Å². The number of rotatable bonds is 7. The van der Waals surface area contributed by atoms with Crippen LogP contribution in [0.15, 0.2) is 21.8 Å². The zero-order valence-corrected chi connectivity index (χ0v) is 13.4. The maximum absolute atomic E-state index is 10.9. The van der Waals surface area contributed by atoms with Gasteiger partial charge >= 0.3 is 0 Å². The monoisotopic (exact) mass is 318 g/mol. The van der Waals surface area contributed by atoms with E-state index in [-0.39, 0.29) is 12.3 Å². The average Bonchev–Trinajstić information content (AvgIpc) is 2.88. The van der Waals surface area contributed by atoms with Crippen LogP contribution in [0.5, 0.6) is 0 Å². The highest BCUT2D eigenvalue weighted by Gasteiger charge is 2.07. The van der Waals surface area contributed by atoms with Crippen molar-refractivity contribution in [3.63, 3.8) is 0 Å². The highest BCUT2D eigenvalue weighted by Crippen LogP contribution is 2.18. The van der Waals surface area contributed by atoms with Gasteiger partial charge in [0.15, 0.2) is 5.96 Å². The minimum atomic E-state index is -3.45. The van der Waals surface area contributed by atoms with E-state index in [0.717, 1.165) is 0 Å². The van der Waals surface area contributed by atoms with Gasteiger partial charge in [0.1, 0.15) is 0 Å². The number of nitrogens with two attached hydrogens (primary N) is 1. The first-order chi connectivity index (χ1) is 9.42. The largest absolute Gasteiger partial charge is 0.357 e. The number of thiophene rings is 1. The van der Waals surface area contributed by atoms with Gasteiger partial charge in [-0.05, 0) is 29.3 Å². The number of nitrogens with zero attached hydrogens (tertiary/aromatic N) is 1. The van der Waals surface area contributed by atoms with E-state index in [2.05, 4.69) is 34.0 Å². The predicted octanol–water partition coefficient (Wildman–Crippen LogP) is 0.695. The number of sulfonamides is 1. The lowest BCUT2D eigenvalue weighted by Crippen LogP contribution is -2.40. The first-order valence-corrected chi connectivity index (χ1v) is 9.13. The second-order valence-electron chi connectivity index (χ2n) is 4.47. The summed E-state index contributed by atoms with van der Waals surface area (Å²) in [6.45, 7) is 5.67. The van der Waals surface area contributed by atoms with Crippen LogP contribution in [0.1, 0.15) is 25.3 Å². The van der Waals surface area contributed by atoms with Crippen molar-refractivity contribution in [1.82, 2.24) is 10.6 Å². The normalized spacial score (nSPS) is 14.1. The first kappa shape index (κ1) is 16.9. The van der Waals surface area contributed by atoms with Crippen molar-refractivity contribution in [2.75, 3.05) is 25.4 Å². The van der Waals surface area contributed by atoms with E-state index in [0.29, 0.717) is 25.0 Å². The van der Waals surface area contributed by atoms with Crippen LogP contribution in [0, 0.1) is 0 Å². The number of guanidine groups is 1. The molecule has 1 aromatic heterocycles. The van der Waals surface area contributed by atoms with Crippen LogP contribution in [0.25, 0.3) is 0 Å². The third kappa shape index (κ3) is 6.88. The summed E-state index contributed by atoms with van der Waals surface area (Å²) in [7, 11) is -3.45. The third-order valence-electron chi connectivity index (χ3n) is 2.66. The number of aliphatic imine (C=N–C) groups is 1. The highest BCUT2D eigenvalue weighted by molar-refractivity contribution is 7.89. The van der Waals surface area contributed by atoms with Gasteiger partial charge < -0.3 is 10.6 Å². The van der Waals surface area contributed by atoms with Crippen molar-refractivity contribution in [2.24, 2.45) is 10.1 Å². The lowest BCUT2D eigenvalue weighted by molar-refractivity contribution is 0.596. The molecule has 0 spiro atoms. The quantitative estimate of drug-likeness (QED) is 0.509. The first-order valence-electron chi connectivity index (χ1n) is 6.47. The standard InChI is InChI=1S/C12H22N4O2S2/c1-3-14-12(15-5-7-20(13,17)18)16-8-10(2)11-4-6-19-9-11/h4,6,9-10H,3,5,7-8H2,1-2H3,(H2,13,17,18)(H2,14,15,16). The molecule has 0 fully saturated rings. The van der Waals surface area contributed by atoms with Crippen molar-refractivity contribution in [2.45, 2.75) is 19.8 Å². The van der Waals surface area contributed by atoms with Crippen LogP contribution in [0.3, 0.4) is 0 Å². The molecule has 1 heterocycles. The Balaban J connectivity index is 2.49. The van der Waals surface area contributed by atoms with E-state index in [1.54, 1.807) is 11.3 Å². The van der Waals surface area contributed by atoms with Crippen LogP contribution in [0.4, 0.5) is 0 Å². The van der Waals surface area contributed by atoms with Crippen LogP contribution in [-0.2, 0) is 10.0 Å². The fourth-order valence-electron chi connectivity index (χ4n) is 1.54. The minimum absolute atomic E-state index is 0.114. The maximum Gasteiger partial charge on any atom is 0.210 e. The fourth-order valence-corrected chi connectivity index (χ4v) is 2.71. The summed E-state index contributed by atoms with van der Waals surface area (Å²) in [6.07, 6.45) is 0. The summed E-state index contributed by atoms with van der Waals surface area (Å²) in [5.41, 5.74) is 1.26. The van der Waals surface area contributed by atoms with Crippen LogP contribution < -0.4 is 15.8 Å². The zero-order valence-electron chi connectivity index (χ0n) is 11.8. The molecule has 6 nitrogen and oxygen atoms in total. The zero-order chi connectivity index (χ0) is 15.0. The molecule has 0 radical (unpaired) electrons. The number of primary sulfonamides is 1. The fraction of sp³-hybridized carbons (Fsp3) is 0.583. The second-order valence-corrected chi connectivity index (χ2v) is 6.99. The summed E-state index contributed by atoms with van der Waals surface area (Å²) in [4.78, 5) is 4.45.